The fourth-order valence-corrected chi connectivity index (χ4v) is 2.22. The van der Waals surface area contributed by atoms with E-state index in [1.807, 2.05) is 42.5 Å². The van der Waals surface area contributed by atoms with E-state index in [0.29, 0.717) is 26.2 Å². The summed E-state index contributed by atoms with van der Waals surface area (Å²) in [5.74, 6) is -0.296. The minimum Gasteiger partial charge on any atom is -0.456 e. The molecular formula is C18H22O4. The van der Waals surface area contributed by atoms with E-state index in [0.717, 1.165) is 11.1 Å². The van der Waals surface area contributed by atoms with Crippen LogP contribution < -0.4 is 0 Å². The van der Waals surface area contributed by atoms with E-state index in [2.05, 4.69) is 6.58 Å². The molecule has 1 aromatic rings. The third-order valence-electron chi connectivity index (χ3n) is 3.24. The summed E-state index contributed by atoms with van der Waals surface area (Å²) in [6.45, 7) is 6.89. The zero-order chi connectivity index (χ0) is 15.8. The highest BCUT2D eigenvalue weighted by molar-refractivity contribution is 5.66. The number of hydrogen-bond acceptors (Lipinski definition) is 4. The standard InChI is InChI=1S/C18H22O4/c1-14(11-20-12-16-6-4-3-5-7-16)10-17-8-9-18(13-21-17)22-15(2)19/h3-9,17-18H,1,10-13H2,2H3/t17-,18-/m0/s1. The molecule has 2 rings (SSSR count). The highest BCUT2D eigenvalue weighted by Crippen LogP contribution is 2.15. The number of carbonyl (C=O) groups is 1. The zero-order valence-electron chi connectivity index (χ0n) is 12.9. The Morgan fingerprint density at radius 1 is 1.32 bits per heavy atom. The number of ether oxygens (including phenoxy) is 3. The Kier molecular flexibility index (Phi) is 6.37. The maximum Gasteiger partial charge on any atom is 0.303 e. The quantitative estimate of drug-likeness (QED) is 0.573. The van der Waals surface area contributed by atoms with E-state index in [9.17, 15) is 4.79 Å². The summed E-state index contributed by atoms with van der Waals surface area (Å²) in [5.41, 5.74) is 2.13. The predicted molar refractivity (Wildman–Crippen MR) is 84.3 cm³/mol. The smallest absolute Gasteiger partial charge is 0.303 e. The number of carbonyl (C=O) groups excluding carboxylic acids is 1. The number of esters is 1. The molecule has 0 fully saturated rings. The normalized spacial score (nSPS) is 20.6. The van der Waals surface area contributed by atoms with Crippen LogP contribution in [0.1, 0.15) is 18.9 Å². The van der Waals surface area contributed by atoms with Crippen molar-refractivity contribution in [2.75, 3.05) is 13.2 Å². The summed E-state index contributed by atoms with van der Waals surface area (Å²) in [4.78, 5) is 10.9. The summed E-state index contributed by atoms with van der Waals surface area (Å²) < 4.78 is 16.4. The second-order valence-corrected chi connectivity index (χ2v) is 5.34. The number of hydrogen-bond donors (Lipinski definition) is 0. The van der Waals surface area contributed by atoms with Gasteiger partial charge < -0.3 is 14.2 Å². The molecule has 0 radical (unpaired) electrons. The molecule has 1 aliphatic rings. The third-order valence-corrected chi connectivity index (χ3v) is 3.24. The van der Waals surface area contributed by atoms with Gasteiger partial charge in [0, 0.05) is 13.3 Å². The van der Waals surface area contributed by atoms with Gasteiger partial charge in [0.15, 0.2) is 0 Å². The lowest BCUT2D eigenvalue weighted by atomic mass is 10.1. The van der Waals surface area contributed by atoms with Gasteiger partial charge in [0.25, 0.3) is 0 Å². The van der Waals surface area contributed by atoms with Crippen molar-refractivity contribution in [3.63, 3.8) is 0 Å². The lowest BCUT2D eigenvalue weighted by Crippen LogP contribution is -2.28. The van der Waals surface area contributed by atoms with Crippen LogP contribution in [0.3, 0.4) is 0 Å². The van der Waals surface area contributed by atoms with Crippen LogP contribution >= 0.6 is 0 Å². The Labute approximate surface area is 131 Å². The highest BCUT2D eigenvalue weighted by atomic mass is 16.6. The van der Waals surface area contributed by atoms with Gasteiger partial charge in [-0.05, 0) is 17.2 Å². The first-order valence-electron chi connectivity index (χ1n) is 7.39. The predicted octanol–water partition coefficient (Wildman–Crippen LogP) is 3.04. The van der Waals surface area contributed by atoms with Crippen LogP contribution in [-0.2, 0) is 25.6 Å². The molecule has 22 heavy (non-hydrogen) atoms. The van der Waals surface area contributed by atoms with Crippen LogP contribution in [0.15, 0.2) is 54.6 Å². The van der Waals surface area contributed by atoms with Gasteiger partial charge in [-0.25, -0.2) is 0 Å². The molecule has 1 aromatic carbocycles. The maximum atomic E-state index is 10.9. The second kappa shape index (κ2) is 8.51. The topological polar surface area (TPSA) is 44.8 Å². The number of benzene rings is 1. The van der Waals surface area contributed by atoms with E-state index < -0.39 is 0 Å². The van der Waals surface area contributed by atoms with Gasteiger partial charge in [-0.2, -0.15) is 0 Å². The molecule has 2 atom stereocenters. The average Bonchev–Trinajstić information content (AvgIpc) is 2.50. The third kappa shape index (κ3) is 5.84. The first-order valence-corrected chi connectivity index (χ1v) is 7.39. The van der Waals surface area contributed by atoms with Crippen molar-refractivity contribution in [2.45, 2.75) is 32.2 Å². The second-order valence-electron chi connectivity index (χ2n) is 5.34. The summed E-state index contributed by atoms with van der Waals surface area (Å²) in [6.07, 6.45) is 4.18. The summed E-state index contributed by atoms with van der Waals surface area (Å²) >= 11 is 0. The molecule has 0 saturated carbocycles. The molecule has 0 aliphatic carbocycles. The molecule has 4 heteroatoms. The molecule has 0 amide bonds. The van der Waals surface area contributed by atoms with Gasteiger partial charge in [-0.3, -0.25) is 4.79 Å². The van der Waals surface area contributed by atoms with Crippen LogP contribution in [0, 0.1) is 0 Å². The molecule has 0 unspecified atom stereocenters. The van der Waals surface area contributed by atoms with Crippen LogP contribution in [0.4, 0.5) is 0 Å². The minimum atomic E-state index is -0.296. The molecule has 0 spiro atoms. The van der Waals surface area contributed by atoms with E-state index in [1.54, 1.807) is 0 Å². The van der Waals surface area contributed by atoms with Crippen molar-refractivity contribution < 1.29 is 19.0 Å². The Bertz CT molecular complexity index is 521. The molecule has 1 aliphatic heterocycles. The zero-order valence-corrected chi connectivity index (χ0v) is 12.9. The van der Waals surface area contributed by atoms with Crippen LogP contribution in [-0.4, -0.2) is 31.4 Å². The molecule has 4 nitrogen and oxygen atoms in total. The Morgan fingerprint density at radius 3 is 2.73 bits per heavy atom. The van der Waals surface area contributed by atoms with Crippen molar-refractivity contribution in [1.82, 2.24) is 0 Å². The Morgan fingerprint density at radius 2 is 2.09 bits per heavy atom. The summed E-state index contributed by atoms with van der Waals surface area (Å²) in [7, 11) is 0. The molecule has 0 saturated heterocycles. The molecule has 1 heterocycles. The van der Waals surface area contributed by atoms with E-state index >= 15 is 0 Å². The Hall–Kier alpha value is -1.91. The van der Waals surface area contributed by atoms with Crippen LogP contribution in [0.2, 0.25) is 0 Å². The lowest BCUT2D eigenvalue weighted by Gasteiger charge is -2.24. The van der Waals surface area contributed by atoms with Crippen molar-refractivity contribution in [1.29, 1.82) is 0 Å². The molecule has 0 aromatic heterocycles. The highest BCUT2D eigenvalue weighted by Gasteiger charge is 2.18. The van der Waals surface area contributed by atoms with Gasteiger partial charge in [0.05, 0.1) is 25.9 Å². The fourth-order valence-electron chi connectivity index (χ4n) is 2.22. The summed E-state index contributed by atoms with van der Waals surface area (Å²) in [5, 5.41) is 0. The van der Waals surface area contributed by atoms with Crippen molar-refractivity contribution >= 4 is 5.97 Å². The van der Waals surface area contributed by atoms with Gasteiger partial charge in [0.1, 0.15) is 6.10 Å². The van der Waals surface area contributed by atoms with E-state index in [4.69, 9.17) is 14.2 Å². The first-order chi connectivity index (χ1) is 10.6. The maximum absolute atomic E-state index is 10.9. The first kappa shape index (κ1) is 16.5. The molecule has 0 N–H and O–H groups in total. The van der Waals surface area contributed by atoms with E-state index in [1.165, 1.54) is 6.92 Å². The molecular weight excluding hydrogens is 280 g/mol. The van der Waals surface area contributed by atoms with Crippen LogP contribution in [0.25, 0.3) is 0 Å². The van der Waals surface area contributed by atoms with E-state index in [-0.39, 0.29) is 18.2 Å². The lowest BCUT2D eigenvalue weighted by molar-refractivity contribution is -0.147. The minimum absolute atomic E-state index is 0.0281. The Balaban J connectivity index is 1.66. The molecule has 118 valence electrons. The van der Waals surface area contributed by atoms with Crippen LogP contribution in [0.5, 0.6) is 0 Å². The van der Waals surface area contributed by atoms with Gasteiger partial charge in [-0.15, -0.1) is 0 Å². The fraction of sp³-hybridized carbons (Fsp3) is 0.389. The van der Waals surface area contributed by atoms with Gasteiger partial charge in [-0.1, -0.05) is 43.0 Å². The van der Waals surface area contributed by atoms with Gasteiger partial charge in [0.2, 0.25) is 0 Å². The van der Waals surface area contributed by atoms with Gasteiger partial charge >= 0.3 is 5.97 Å². The summed E-state index contributed by atoms with van der Waals surface area (Å²) in [6, 6.07) is 10.0. The van der Waals surface area contributed by atoms with Crippen molar-refractivity contribution in [3.05, 3.63) is 60.2 Å². The number of rotatable bonds is 7. The molecule has 0 bridgehead atoms. The van der Waals surface area contributed by atoms with Crippen molar-refractivity contribution in [2.24, 2.45) is 0 Å². The largest absolute Gasteiger partial charge is 0.456 e. The monoisotopic (exact) mass is 302 g/mol. The average molecular weight is 302 g/mol. The van der Waals surface area contributed by atoms with Crippen molar-refractivity contribution in [3.8, 4) is 0 Å². The SMILES string of the molecule is C=C(COCc1ccccc1)C[C@@H]1C=C[C@H](OC(C)=O)CO1.